The molecular formula is C8H13N3O2. The molecule has 1 unspecified atom stereocenters. The number of carbonyl (C=O) groups is 1. The zero-order valence-corrected chi connectivity index (χ0v) is 7.70. The predicted molar refractivity (Wildman–Crippen MR) is 47.2 cm³/mol. The maximum Gasteiger partial charge on any atom is 0.256 e. The third-order valence-corrected chi connectivity index (χ3v) is 1.73. The topological polar surface area (TPSA) is 81.2 Å². The Morgan fingerprint density at radius 2 is 2.54 bits per heavy atom. The molecular weight excluding hydrogens is 170 g/mol. The molecule has 1 amide bonds. The lowest BCUT2D eigenvalue weighted by atomic mass is 10.2. The number of amides is 1. The van der Waals surface area contributed by atoms with E-state index in [-0.39, 0.29) is 11.9 Å². The second-order valence-corrected chi connectivity index (χ2v) is 2.92. The van der Waals surface area contributed by atoms with Crippen LogP contribution in [0.15, 0.2) is 10.8 Å². The van der Waals surface area contributed by atoms with Crippen LogP contribution in [0.3, 0.4) is 0 Å². The Labute approximate surface area is 76.3 Å². The fraction of sp³-hybridized carbons (Fsp3) is 0.500. The summed E-state index contributed by atoms with van der Waals surface area (Å²) in [5.74, 6) is -0.197. The number of hydrogen-bond donors (Lipinski definition) is 2. The van der Waals surface area contributed by atoms with Gasteiger partial charge < -0.3 is 15.6 Å². The number of nitrogens with zero attached hydrogens (tertiary/aromatic N) is 1. The first-order chi connectivity index (χ1) is 6.15. The van der Waals surface area contributed by atoms with E-state index in [1.54, 1.807) is 6.92 Å². The maximum atomic E-state index is 11.4. The number of rotatable bonds is 3. The van der Waals surface area contributed by atoms with Crippen molar-refractivity contribution in [2.75, 3.05) is 6.54 Å². The minimum absolute atomic E-state index is 0.0400. The van der Waals surface area contributed by atoms with Crippen molar-refractivity contribution in [3.8, 4) is 0 Å². The lowest BCUT2D eigenvalue weighted by Gasteiger charge is -2.09. The molecule has 1 rings (SSSR count). The highest BCUT2D eigenvalue weighted by Gasteiger charge is 2.13. The molecule has 0 saturated heterocycles. The molecule has 0 spiro atoms. The Balaban J connectivity index is 2.64. The zero-order valence-electron chi connectivity index (χ0n) is 7.70. The molecule has 5 heteroatoms. The summed E-state index contributed by atoms with van der Waals surface area (Å²) in [6.45, 7) is 3.96. The van der Waals surface area contributed by atoms with Crippen LogP contribution in [0.4, 0.5) is 0 Å². The summed E-state index contributed by atoms with van der Waals surface area (Å²) >= 11 is 0. The quantitative estimate of drug-likeness (QED) is 0.694. The van der Waals surface area contributed by atoms with E-state index in [1.807, 2.05) is 6.92 Å². The molecule has 72 valence electrons. The lowest BCUT2D eigenvalue weighted by molar-refractivity contribution is 0.0940. The van der Waals surface area contributed by atoms with Crippen molar-refractivity contribution in [2.24, 2.45) is 5.73 Å². The van der Waals surface area contributed by atoms with Gasteiger partial charge in [0.05, 0.1) is 5.69 Å². The van der Waals surface area contributed by atoms with E-state index in [1.165, 1.54) is 6.26 Å². The minimum atomic E-state index is -0.197. The molecule has 0 aromatic carbocycles. The number of nitrogens with one attached hydrogen (secondary N) is 1. The van der Waals surface area contributed by atoms with Gasteiger partial charge in [-0.2, -0.15) is 0 Å². The van der Waals surface area contributed by atoms with Crippen LogP contribution >= 0.6 is 0 Å². The van der Waals surface area contributed by atoms with Gasteiger partial charge in [-0.1, -0.05) is 5.16 Å². The molecule has 3 N–H and O–H groups in total. The maximum absolute atomic E-state index is 11.4. The minimum Gasteiger partial charge on any atom is -0.364 e. The van der Waals surface area contributed by atoms with Gasteiger partial charge >= 0.3 is 0 Å². The van der Waals surface area contributed by atoms with Crippen molar-refractivity contribution in [1.82, 2.24) is 10.5 Å². The predicted octanol–water partition coefficient (Wildman–Crippen LogP) is 0.0600. The standard InChI is InChI=1S/C8H13N3O2/c1-5(3-9)10-8(12)7-4-13-11-6(7)2/h4-5H,3,9H2,1-2H3,(H,10,12). The molecule has 0 aliphatic heterocycles. The van der Waals surface area contributed by atoms with Crippen LogP contribution in [-0.4, -0.2) is 23.7 Å². The molecule has 0 aliphatic rings. The van der Waals surface area contributed by atoms with Crippen molar-refractivity contribution in [1.29, 1.82) is 0 Å². The van der Waals surface area contributed by atoms with E-state index in [2.05, 4.69) is 15.0 Å². The number of nitrogens with two attached hydrogens (primary N) is 1. The molecule has 1 atom stereocenters. The first-order valence-electron chi connectivity index (χ1n) is 4.07. The van der Waals surface area contributed by atoms with E-state index in [0.717, 1.165) is 0 Å². The molecule has 1 heterocycles. The highest BCUT2D eigenvalue weighted by Crippen LogP contribution is 2.04. The van der Waals surface area contributed by atoms with Gasteiger partial charge in [-0.25, -0.2) is 0 Å². The van der Waals surface area contributed by atoms with Crippen LogP contribution in [0.2, 0.25) is 0 Å². The van der Waals surface area contributed by atoms with Crippen LogP contribution in [-0.2, 0) is 0 Å². The summed E-state index contributed by atoms with van der Waals surface area (Å²) < 4.78 is 4.64. The molecule has 0 bridgehead atoms. The second-order valence-electron chi connectivity index (χ2n) is 2.92. The van der Waals surface area contributed by atoms with Gasteiger partial charge in [0, 0.05) is 12.6 Å². The molecule has 0 radical (unpaired) electrons. The molecule has 5 nitrogen and oxygen atoms in total. The largest absolute Gasteiger partial charge is 0.364 e. The molecule has 0 saturated carbocycles. The lowest BCUT2D eigenvalue weighted by Crippen LogP contribution is -2.37. The third-order valence-electron chi connectivity index (χ3n) is 1.73. The summed E-state index contributed by atoms with van der Waals surface area (Å²) in [6.07, 6.45) is 1.33. The van der Waals surface area contributed by atoms with Crippen molar-refractivity contribution < 1.29 is 9.32 Å². The van der Waals surface area contributed by atoms with E-state index < -0.39 is 0 Å². The number of aryl methyl sites for hydroxylation is 1. The van der Waals surface area contributed by atoms with Crippen LogP contribution in [0, 0.1) is 6.92 Å². The van der Waals surface area contributed by atoms with Crippen molar-refractivity contribution in [2.45, 2.75) is 19.9 Å². The highest BCUT2D eigenvalue weighted by atomic mass is 16.5. The molecule has 1 aromatic heterocycles. The molecule has 0 aliphatic carbocycles. The van der Waals surface area contributed by atoms with Crippen molar-refractivity contribution >= 4 is 5.91 Å². The van der Waals surface area contributed by atoms with Gasteiger partial charge in [0.15, 0.2) is 0 Å². The third kappa shape index (κ3) is 2.29. The number of carbonyl (C=O) groups excluding carboxylic acids is 1. The van der Waals surface area contributed by atoms with E-state index in [4.69, 9.17) is 5.73 Å². The first-order valence-corrected chi connectivity index (χ1v) is 4.07. The van der Waals surface area contributed by atoms with Crippen LogP contribution in [0.1, 0.15) is 23.0 Å². The number of hydrogen-bond acceptors (Lipinski definition) is 4. The smallest absolute Gasteiger partial charge is 0.256 e. The number of aromatic nitrogens is 1. The van der Waals surface area contributed by atoms with Gasteiger partial charge in [-0.05, 0) is 13.8 Å². The average molecular weight is 183 g/mol. The van der Waals surface area contributed by atoms with Gasteiger partial charge in [0.2, 0.25) is 0 Å². The fourth-order valence-electron chi connectivity index (χ4n) is 0.871. The summed E-state index contributed by atoms with van der Waals surface area (Å²) in [5, 5.41) is 6.31. The molecule has 13 heavy (non-hydrogen) atoms. The van der Waals surface area contributed by atoms with E-state index >= 15 is 0 Å². The summed E-state index contributed by atoms with van der Waals surface area (Å²) in [5.41, 5.74) is 6.40. The Morgan fingerprint density at radius 1 is 1.85 bits per heavy atom. The van der Waals surface area contributed by atoms with Crippen molar-refractivity contribution in [3.63, 3.8) is 0 Å². The average Bonchev–Trinajstić information content (AvgIpc) is 2.51. The first kappa shape index (κ1) is 9.73. The zero-order chi connectivity index (χ0) is 9.84. The van der Waals surface area contributed by atoms with Gasteiger partial charge in [-0.15, -0.1) is 0 Å². The Morgan fingerprint density at radius 3 is 3.00 bits per heavy atom. The van der Waals surface area contributed by atoms with E-state index in [9.17, 15) is 4.79 Å². The van der Waals surface area contributed by atoms with E-state index in [0.29, 0.717) is 17.8 Å². The summed E-state index contributed by atoms with van der Waals surface area (Å²) in [4.78, 5) is 11.4. The second kappa shape index (κ2) is 4.04. The Hall–Kier alpha value is -1.36. The van der Waals surface area contributed by atoms with Crippen LogP contribution < -0.4 is 11.1 Å². The fourth-order valence-corrected chi connectivity index (χ4v) is 0.871. The van der Waals surface area contributed by atoms with Gasteiger partial charge in [-0.3, -0.25) is 4.79 Å². The SMILES string of the molecule is Cc1nocc1C(=O)NC(C)CN. The van der Waals surface area contributed by atoms with Gasteiger partial charge in [0.25, 0.3) is 5.91 Å². The monoisotopic (exact) mass is 183 g/mol. The molecule has 0 fully saturated rings. The van der Waals surface area contributed by atoms with Gasteiger partial charge in [0.1, 0.15) is 11.8 Å². The summed E-state index contributed by atoms with van der Waals surface area (Å²) in [7, 11) is 0. The Kier molecular flexibility index (Phi) is 3.02. The highest BCUT2D eigenvalue weighted by molar-refractivity contribution is 5.94. The normalized spacial score (nSPS) is 12.5. The van der Waals surface area contributed by atoms with Crippen LogP contribution in [0.5, 0.6) is 0 Å². The van der Waals surface area contributed by atoms with Crippen molar-refractivity contribution in [3.05, 3.63) is 17.5 Å². The molecule has 1 aromatic rings. The Bertz CT molecular complexity index is 295. The summed E-state index contributed by atoms with van der Waals surface area (Å²) in [6, 6.07) is -0.0400. The van der Waals surface area contributed by atoms with Crippen LogP contribution in [0.25, 0.3) is 0 Å².